The summed E-state index contributed by atoms with van der Waals surface area (Å²) >= 11 is 0. The number of carbonyl (C=O) groups is 2. The van der Waals surface area contributed by atoms with Gasteiger partial charge < -0.3 is 15.4 Å². The molecule has 2 rings (SSSR count). The quantitative estimate of drug-likeness (QED) is 0.805. The van der Waals surface area contributed by atoms with Crippen molar-refractivity contribution >= 4 is 17.8 Å². The number of amides is 3. The normalized spacial score (nSPS) is 15.2. The van der Waals surface area contributed by atoms with Crippen molar-refractivity contribution in [3.05, 3.63) is 18.5 Å². The standard InChI is InChI=1S/C10H12N4O3/c1-13-2-3-14(10(13)16)7-4-8(6-12-5-7)17-9(11)15/h4-6H,2-3H2,1H3,(H2,11,15). The van der Waals surface area contributed by atoms with Gasteiger partial charge in [0, 0.05) is 26.2 Å². The van der Waals surface area contributed by atoms with Gasteiger partial charge in [0.05, 0.1) is 18.1 Å². The van der Waals surface area contributed by atoms with Crippen molar-refractivity contribution in [1.82, 2.24) is 9.88 Å². The van der Waals surface area contributed by atoms with E-state index in [-0.39, 0.29) is 11.8 Å². The predicted octanol–water partition coefficient (Wildman–Crippen LogP) is 0.411. The minimum absolute atomic E-state index is 0.108. The number of rotatable bonds is 2. The Bertz CT molecular complexity index is 463. The number of ether oxygens (including phenoxy) is 1. The highest BCUT2D eigenvalue weighted by Crippen LogP contribution is 2.22. The van der Waals surface area contributed by atoms with Crippen molar-refractivity contribution in [2.45, 2.75) is 0 Å². The molecule has 0 bridgehead atoms. The summed E-state index contributed by atoms with van der Waals surface area (Å²) < 4.78 is 4.70. The zero-order valence-corrected chi connectivity index (χ0v) is 9.29. The van der Waals surface area contributed by atoms with Gasteiger partial charge in [-0.3, -0.25) is 9.88 Å². The maximum absolute atomic E-state index is 11.7. The smallest absolute Gasteiger partial charge is 0.409 e. The van der Waals surface area contributed by atoms with E-state index < -0.39 is 6.09 Å². The molecular weight excluding hydrogens is 224 g/mol. The molecule has 1 aromatic rings. The van der Waals surface area contributed by atoms with Crippen LogP contribution in [0.5, 0.6) is 5.75 Å². The Morgan fingerprint density at radius 3 is 2.82 bits per heavy atom. The van der Waals surface area contributed by atoms with Crippen molar-refractivity contribution in [2.24, 2.45) is 5.73 Å². The number of pyridine rings is 1. The number of hydrogen-bond donors (Lipinski definition) is 1. The van der Waals surface area contributed by atoms with Gasteiger partial charge >= 0.3 is 12.1 Å². The summed E-state index contributed by atoms with van der Waals surface area (Å²) in [4.78, 5) is 29.4. The van der Waals surface area contributed by atoms with E-state index in [0.717, 1.165) is 0 Å². The van der Waals surface area contributed by atoms with E-state index in [2.05, 4.69) is 4.98 Å². The van der Waals surface area contributed by atoms with Crippen LogP contribution in [0.25, 0.3) is 0 Å². The Balaban J connectivity index is 2.21. The molecule has 1 aliphatic heterocycles. The average molecular weight is 236 g/mol. The molecule has 0 aromatic carbocycles. The largest absolute Gasteiger partial charge is 0.410 e. The number of anilines is 1. The van der Waals surface area contributed by atoms with Gasteiger partial charge in [-0.05, 0) is 0 Å². The first-order valence-electron chi connectivity index (χ1n) is 5.03. The van der Waals surface area contributed by atoms with Crippen LogP contribution in [-0.2, 0) is 0 Å². The van der Waals surface area contributed by atoms with Gasteiger partial charge in [0.1, 0.15) is 0 Å². The van der Waals surface area contributed by atoms with E-state index in [4.69, 9.17) is 10.5 Å². The minimum Gasteiger partial charge on any atom is -0.409 e. The van der Waals surface area contributed by atoms with Gasteiger partial charge in [-0.25, -0.2) is 9.59 Å². The Hall–Kier alpha value is -2.31. The maximum Gasteiger partial charge on any atom is 0.410 e. The highest BCUT2D eigenvalue weighted by molar-refractivity contribution is 5.93. The molecule has 0 aliphatic carbocycles. The second-order valence-electron chi connectivity index (χ2n) is 3.66. The minimum atomic E-state index is -0.909. The van der Waals surface area contributed by atoms with E-state index in [9.17, 15) is 9.59 Å². The summed E-state index contributed by atoms with van der Waals surface area (Å²) in [5, 5.41) is 0. The number of hydrogen-bond acceptors (Lipinski definition) is 4. The predicted molar refractivity (Wildman–Crippen MR) is 59.8 cm³/mol. The first kappa shape index (κ1) is 11.2. The van der Waals surface area contributed by atoms with Crippen molar-refractivity contribution in [3.8, 4) is 5.75 Å². The molecule has 2 heterocycles. The monoisotopic (exact) mass is 236 g/mol. The lowest BCUT2D eigenvalue weighted by Gasteiger charge is -2.15. The van der Waals surface area contributed by atoms with E-state index in [0.29, 0.717) is 18.8 Å². The molecule has 0 atom stereocenters. The molecule has 1 aliphatic rings. The summed E-state index contributed by atoms with van der Waals surface area (Å²) in [6.07, 6.45) is 1.98. The molecule has 1 saturated heterocycles. The molecular formula is C10H12N4O3. The second-order valence-corrected chi connectivity index (χ2v) is 3.66. The van der Waals surface area contributed by atoms with E-state index in [1.807, 2.05) is 0 Å². The summed E-state index contributed by atoms with van der Waals surface area (Å²) in [6, 6.07) is 1.44. The molecule has 0 unspecified atom stereocenters. The number of primary amides is 1. The van der Waals surface area contributed by atoms with Crippen LogP contribution in [0.1, 0.15) is 0 Å². The number of likely N-dealkylation sites (N-methyl/N-ethyl adjacent to an activating group) is 1. The second kappa shape index (κ2) is 4.28. The Morgan fingerprint density at radius 2 is 2.24 bits per heavy atom. The highest BCUT2D eigenvalue weighted by atomic mass is 16.5. The molecule has 90 valence electrons. The third kappa shape index (κ3) is 2.27. The Labute approximate surface area is 97.8 Å². The molecule has 0 spiro atoms. The zero-order valence-electron chi connectivity index (χ0n) is 9.29. The van der Waals surface area contributed by atoms with E-state index in [1.165, 1.54) is 12.4 Å². The van der Waals surface area contributed by atoms with Crippen molar-refractivity contribution in [2.75, 3.05) is 25.0 Å². The SMILES string of the molecule is CN1CCN(c2cncc(OC(N)=O)c2)C1=O. The lowest BCUT2D eigenvalue weighted by atomic mass is 10.3. The molecule has 7 nitrogen and oxygen atoms in total. The van der Waals surface area contributed by atoms with Crippen LogP contribution in [0.3, 0.4) is 0 Å². The van der Waals surface area contributed by atoms with Crippen LogP contribution in [0.15, 0.2) is 18.5 Å². The molecule has 3 amide bonds. The lowest BCUT2D eigenvalue weighted by molar-refractivity contribution is 0.210. The molecule has 1 fully saturated rings. The molecule has 2 N–H and O–H groups in total. The van der Waals surface area contributed by atoms with Gasteiger partial charge in [0.2, 0.25) is 0 Å². The summed E-state index contributed by atoms with van der Waals surface area (Å²) in [7, 11) is 1.72. The fourth-order valence-corrected chi connectivity index (χ4v) is 1.61. The number of carbonyl (C=O) groups excluding carboxylic acids is 2. The molecule has 7 heteroatoms. The van der Waals surface area contributed by atoms with Crippen LogP contribution in [0.4, 0.5) is 15.3 Å². The van der Waals surface area contributed by atoms with Gasteiger partial charge in [-0.2, -0.15) is 0 Å². The first-order valence-corrected chi connectivity index (χ1v) is 5.03. The Morgan fingerprint density at radius 1 is 1.47 bits per heavy atom. The third-order valence-corrected chi connectivity index (χ3v) is 2.45. The van der Waals surface area contributed by atoms with Gasteiger partial charge in [-0.15, -0.1) is 0 Å². The Kier molecular flexibility index (Phi) is 2.82. The molecule has 0 radical (unpaired) electrons. The number of aromatic nitrogens is 1. The molecule has 1 aromatic heterocycles. The fraction of sp³-hybridized carbons (Fsp3) is 0.300. The van der Waals surface area contributed by atoms with Crippen LogP contribution in [-0.4, -0.2) is 42.1 Å². The van der Waals surface area contributed by atoms with E-state index >= 15 is 0 Å². The topological polar surface area (TPSA) is 88.8 Å². The molecule has 0 saturated carbocycles. The molecule has 17 heavy (non-hydrogen) atoms. The number of nitrogens with zero attached hydrogens (tertiary/aromatic N) is 3. The van der Waals surface area contributed by atoms with E-state index in [1.54, 1.807) is 22.9 Å². The fourth-order valence-electron chi connectivity index (χ4n) is 1.61. The first-order chi connectivity index (χ1) is 8.08. The van der Waals surface area contributed by atoms with Crippen molar-refractivity contribution < 1.29 is 14.3 Å². The van der Waals surface area contributed by atoms with Crippen LogP contribution < -0.4 is 15.4 Å². The third-order valence-electron chi connectivity index (χ3n) is 2.45. The maximum atomic E-state index is 11.7. The summed E-state index contributed by atoms with van der Waals surface area (Å²) in [6.45, 7) is 1.23. The van der Waals surface area contributed by atoms with Crippen molar-refractivity contribution in [1.29, 1.82) is 0 Å². The van der Waals surface area contributed by atoms with Crippen LogP contribution >= 0.6 is 0 Å². The highest BCUT2D eigenvalue weighted by Gasteiger charge is 2.26. The summed E-state index contributed by atoms with van der Waals surface area (Å²) in [5.41, 5.74) is 5.48. The zero-order chi connectivity index (χ0) is 12.4. The lowest BCUT2D eigenvalue weighted by Crippen LogP contribution is -2.29. The average Bonchev–Trinajstić information content (AvgIpc) is 2.59. The number of nitrogens with two attached hydrogens (primary N) is 1. The van der Waals surface area contributed by atoms with Crippen LogP contribution in [0, 0.1) is 0 Å². The van der Waals surface area contributed by atoms with Crippen LogP contribution in [0.2, 0.25) is 0 Å². The van der Waals surface area contributed by atoms with Gasteiger partial charge in [0.25, 0.3) is 0 Å². The van der Waals surface area contributed by atoms with Gasteiger partial charge in [-0.1, -0.05) is 0 Å². The van der Waals surface area contributed by atoms with Gasteiger partial charge in [0.15, 0.2) is 5.75 Å². The number of urea groups is 1. The summed E-state index contributed by atoms with van der Waals surface area (Å²) in [5.74, 6) is 0.220. The van der Waals surface area contributed by atoms with Crippen molar-refractivity contribution in [3.63, 3.8) is 0 Å².